The predicted molar refractivity (Wildman–Crippen MR) is 104 cm³/mol. The molecule has 2 heterocycles. The minimum atomic E-state index is 0.572. The first kappa shape index (κ1) is 15.1. The highest BCUT2D eigenvalue weighted by molar-refractivity contribution is 5.75. The smallest absolute Gasteiger partial charge is 0.128 e. The number of aryl methyl sites for hydroxylation is 1. The monoisotopic (exact) mass is 341 g/mol. The molecule has 0 fully saturated rings. The Morgan fingerprint density at radius 2 is 1.35 bits per heavy atom. The molecule has 0 saturated heterocycles. The fourth-order valence-corrected chi connectivity index (χ4v) is 3.71. The van der Waals surface area contributed by atoms with E-state index in [0.29, 0.717) is 13.2 Å². The molecule has 128 valence electrons. The van der Waals surface area contributed by atoms with Crippen molar-refractivity contribution in [3.05, 3.63) is 87.8 Å². The zero-order chi connectivity index (χ0) is 17.7. The molecule has 0 bridgehead atoms. The summed E-state index contributed by atoms with van der Waals surface area (Å²) in [6.07, 6.45) is 0. The van der Waals surface area contributed by atoms with Crippen molar-refractivity contribution in [3.63, 3.8) is 0 Å². The third kappa shape index (κ3) is 2.28. The summed E-state index contributed by atoms with van der Waals surface area (Å²) in [5, 5.41) is 2.24. The van der Waals surface area contributed by atoms with Gasteiger partial charge in [-0.2, -0.15) is 0 Å². The molecule has 3 nitrogen and oxygen atoms in total. The fourth-order valence-electron chi connectivity index (χ4n) is 3.71. The Morgan fingerprint density at radius 3 is 1.96 bits per heavy atom. The number of hydrogen-bond acceptors (Lipinski definition) is 3. The molecule has 0 saturated carbocycles. The number of fused-ring (bicyclic) bond motifs is 2. The average Bonchev–Trinajstić information content (AvgIpc) is 3.26. The Bertz CT molecular complexity index is 1150. The minimum Gasteiger partial charge on any atom is -0.488 e. The zero-order valence-corrected chi connectivity index (χ0v) is 14.6. The Morgan fingerprint density at radius 1 is 0.731 bits per heavy atom. The summed E-state index contributed by atoms with van der Waals surface area (Å²) >= 11 is 0. The Kier molecular flexibility index (Phi) is 3.29. The van der Waals surface area contributed by atoms with E-state index in [1.807, 2.05) is 19.1 Å². The number of anilines is 1. The van der Waals surface area contributed by atoms with E-state index in [9.17, 15) is 0 Å². The van der Waals surface area contributed by atoms with Crippen LogP contribution in [0.5, 0.6) is 11.5 Å². The molecule has 0 unspecified atom stereocenters. The minimum absolute atomic E-state index is 0.572. The van der Waals surface area contributed by atoms with E-state index < -0.39 is 0 Å². The molecule has 26 heavy (non-hydrogen) atoms. The van der Waals surface area contributed by atoms with Crippen molar-refractivity contribution in [3.8, 4) is 11.5 Å². The van der Waals surface area contributed by atoms with Crippen LogP contribution >= 0.6 is 0 Å². The number of nitrogens with two attached hydrogens (primary N) is 1. The first-order valence-corrected chi connectivity index (χ1v) is 8.78. The second kappa shape index (κ2) is 5.67. The first-order chi connectivity index (χ1) is 12.7. The van der Waals surface area contributed by atoms with Crippen molar-refractivity contribution in [1.82, 2.24) is 0 Å². The molecule has 3 aromatic carbocycles. The van der Waals surface area contributed by atoms with Gasteiger partial charge < -0.3 is 15.2 Å². The lowest BCUT2D eigenvalue weighted by Gasteiger charge is -2.05. The molecule has 0 spiro atoms. The van der Waals surface area contributed by atoms with Crippen molar-refractivity contribution < 1.29 is 9.47 Å². The summed E-state index contributed by atoms with van der Waals surface area (Å²) in [6.45, 7) is 3.20. The second-order valence-electron chi connectivity index (χ2n) is 6.82. The number of hydrogen-bond donors (Lipinski definition) is 1. The molecule has 0 amide bonds. The van der Waals surface area contributed by atoms with Gasteiger partial charge in [-0.1, -0.05) is 36.4 Å². The Labute approximate surface area is 152 Å². The van der Waals surface area contributed by atoms with Gasteiger partial charge in [0.1, 0.15) is 24.7 Å². The van der Waals surface area contributed by atoms with E-state index in [1.165, 1.54) is 16.7 Å². The highest BCUT2D eigenvalue weighted by atomic mass is 16.5. The SMILES string of the molecule is Cc1cc(C2=c3cc4c(cc3OC2)=C(c2ccccc2)CO4)ccc1N. The summed E-state index contributed by atoms with van der Waals surface area (Å²) < 4.78 is 12.0. The number of benzene rings is 3. The predicted octanol–water partition coefficient (Wildman–Crippen LogP) is 2.76. The normalized spacial score (nSPS) is 14.7. The van der Waals surface area contributed by atoms with Gasteiger partial charge in [0.25, 0.3) is 0 Å². The first-order valence-electron chi connectivity index (χ1n) is 8.78. The van der Waals surface area contributed by atoms with Gasteiger partial charge in [0.05, 0.1) is 0 Å². The second-order valence-corrected chi connectivity index (χ2v) is 6.82. The van der Waals surface area contributed by atoms with Gasteiger partial charge in [0, 0.05) is 27.3 Å². The van der Waals surface area contributed by atoms with E-state index in [1.54, 1.807) is 0 Å². The molecular weight excluding hydrogens is 322 g/mol. The van der Waals surface area contributed by atoms with Crippen LogP contribution in [0.1, 0.15) is 16.7 Å². The van der Waals surface area contributed by atoms with Crippen molar-refractivity contribution >= 4 is 16.8 Å². The average molecular weight is 341 g/mol. The van der Waals surface area contributed by atoms with Gasteiger partial charge in [-0.05, 0) is 47.9 Å². The summed E-state index contributed by atoms with van der Waals surface area (Å²) in [6, 6.07) is 20.8. The maximum Gasteiger partial charge on any atom is 0.128 e. The quantitative estimate of drug-likeness (QED) is 0.729. The van der Waals surface area contributed by atoms with E-state index in [2.05, 4.69) is 48.5 Å². The van der Waals surface area contributed by atoms with Crippen LogP contribution in [0.25, 0.3) is 11.1 Å². The van der Waals surface area contributed by atoms with Gasteiger partial charge in [-0.15, -0.1) is 0 Å². The summed E-state index contributed by atoms with van der Waals surface area (Å²) in [4.78, 5) is 0. The number of ether oxygens (including phenoxy) is 2. The van der Waals surface area contributed by atoms with Crippen LogP contribution in [0.3, 0.4) is 0 Å². The molecule has 0 aliphatic carbocycles. The van der Waals surface area contributed by atoms with Crippen molar-refractivity contribution in [1.29, 1.82) is 0 Å². The molecule has 2 N–H and O–H groups in total. The summed E-state index contributed by atoms with van der Waals surface area (Å²) in [5.74, 6) is 1.85. The van der Waals surface area contributed by atoms with Gasteiger partial charge in [0.15, 0.2) is 0 Å². The molecule has 0 radical (unpaired) electrons. The van der Waals surface area contributed by atoms with Crippen molar-refractivity contribution in [2.75, 3.05) is 18.9 Å². The molecule has 5 rings (SSSR count). The maximum atomic E-state index is 6.01. The van der Waals surface area contributed by atoms with E-state index in [-0.39, 0.29) is 0 Å². The largest absolute Gasteiger partial charge is 0.488 e. The highest BCUT2D eigenvalue weighted by Crippen LogP contribution is 2.26. The van der Waals surface area contributed by atoms with Crippen LogP contribution in [-0.4, -0.2) is 13.2 Å². The fraction of sp³-hybridized carbons (Fsp3) is 0.130. The Hall–Kier alpha value is -3.20. The molecule has 2 aliphatic rings. The lowest BCUT2D eigenvalue weighted by molar-refractivity contribution is 0.374. The summed E-state index contributed by atoms with van der Waals surface area (Å²) in [5.41, 5.74) is 12.6. The number of nitrogen functional groups attached to an aromatic ring is 1. The third-order valence-corrected chi connectivity index (χ3v) is 5.22. The molecular formula is C23H19NO2. The van der Waals surface area contributed by atoms with Crippen LogP contribution < -0.4 is 25.6 Å². The van der Waals surface area contributed by atoms with Crippen LogP contribution in [0.2, 0.25) is 0 Å². The molecule has 3 heteroatoms. The zero-order valence-electron chi connectivity index (χ0n) is 14.6. The topological polar surface area (TPSA) is 44.5 Å². The van der Waals surface area contributed by atoms with Gasteiger partial charge in [0.2, 0.25) is 0 Å². The number of rotatable bonds is 2. The Balaban J connectivity index is 1.71. The molecule has 0 atom stereocenters. The molecule has 2 aliphatic heterocycles. The van der Waals surface area contributed by atoms with E-state index in [0.717, 1.165) is 38.8 Å². The van der Waals surface area contributed by atoms with Gasteiger partial charge in [-0.25, -0.2) is 0 Å². The molecule has 3 aromatic rings. The van der Waals surface area contributed by atoms with Gasteiger partial charge >= 0.3 is 0 Å². The highest BCUT2D eigenvalue weighted by Gasteiger charge is 2.21. The van der Waals surface area contributed by atoms with Crippen LogP contribution in [0.15, 0.2) is 60.7 Å². The van der Waals surface area contributed by atoms with Crippen molar-refractivity contribution in [2.45, 2.75) is 6.92 Å². The van der Waals surface area contributed by atoms with Crippen molar-refractivity contribution in [2.24, 2.45) is 0 Å². The maximum absolute atomic E-state index is 6.01. The van der Waals surface area contributed by atoms with Crippen LogP contribution in [0.4, 0.5) is 5.69 Å². The van der Waals surface area contributed by atoms with E-state index in [4.69, 9.17) is 15.2 Å². The van der Waals surface area contributed by atoms with Crippen LogP contribution in [0, 0.1) is 6.92 Å². The van der Waals surface area contributed by atoms with Gasteiger partial charge in [-0.3, -0.25) is 0 Å². The third-order valence-electron chi connectivity index (χ3n) is 5.22. The lowest BCUT2D eigenvalue weighted by Crippen LogP contribution is -2.11. The molecule has 0 aromatic heterocycles. The lowest BCUT2D eigenvalue weighted by atomic mass is 10.0. The van der Waals surface area contributed by atoms with E-state index >= 15 is 0 Å². The summed E-state index contributed by atoms with van der Waals surface area (Å²) in [7, 11) is 0. The standard InChI is InChI=1S/C23H19NO2/c1-14-9-16(7-8-21(14)24)20-13-26-23-10-17-19(15-5-3-2-4-6-15)12-25-22(17)11-18(20)23/h2-11H,12-13,24H2,1H3. The van der Waals surface area contributed by atoms with Crippen LogP contribution in [-0.2, 0) is 0 Å².